The molecule has 1 N–H and O–H groups in total. The van der Waals surface area contributed by atoms with E-state index in [2.05, 4.69) is 27.5 Å². The molecule has 0 radical (unpaired) electrons. The molecule has 4 rings (SSSR count). The Balaban J connectivity index is 1.18. The summed E-state index contributed by atoms with van der Waals surface area (Å²) < 4.78 is 5.19. The molecule has 0 spiro atoms. The fourth-order valence-electron chi connectivity index (χ4n) is 4.13. The maximum atomic E-state index is 12.5. The second-order valence-electron chi connectivity index (χ2n) is 8.14. The monoisotopic (exact) mass is 441 g/mol. The molecule has 0 aromatic heterocycles. The van der Waals surface area contributed by atoms with Gasteiger partial charge in [0, 0.05) is 25.1 Å². The quantitative estimate of drug-likeness (QED) is 0.705. The molecule has 1 unspecified atom stereocenters. The molecule has 2 heterocycles. The number of hydrogen-bond acceptors (Lipinski definition) is 5. The summed E-state index contributed by atoms with van der Waals surface area (Å²) in [6.45, 7) is 3.59. The van der Waals surface area contributed by atoms with Crippen LogP contribution in [0.4, 0.5) is 0 Å². The van der Waals surface area contributed by atoms with Crippen LogP contribution in [0.3, 0.4) is 0 Å². The molecule has 2 aliphatic heterocycles. The fourth-order valence-corrected chi connectivity index (χ4v) is 4.32. The van der Waals surface area contributed by atoms with E-state index in [0.717, 1.165) is 50.2 Å². The predicted molar refractivity (Wildman–Crippen MR) is 122 cm³/mol. The van der Waals surface area contributed by atoms with Crippen LogP contribution in [0.5, 0.6) is 5.75 Å². The van der Waals surface area contributed by atoms with E-state index in [1.807, 2.05) is 18.2 Å². The standard InChI is InChI=1S/C24H28ClN3O3/c1-30-23-13-19(7-8-21(23)25)24(29)26-15-17-9-11-28(12-10-17)16-20-14-22(27-31-20)18-5-3-2-4-6-18/h2-8,13,17,20H,9-12,14-16H2,1H3,(H,26,29). The van der Waals surface area contributed by atoms with Gasteiger partial charge in [0.05, 0.1) is 17.8 Å². The lowest BCUT2D eigenvalue weighted by atomic mass is 9.96. The van der Waals surface area contributed by atoms with Crippen LogP contribution >= 0.6 is 11.6 Å². The number of nitrogens with one attached hydrogen (secondary N) is 1. The Morgan fingerprint density at radius 3 is 2.74 bits per heavy atom. The van der Waals surface area contributed by atoms with Crippen LogP contribution in [0.2, 0.25) is 5.02 Å². The summed E-state index contributed by atoms with van der Waals surface area (Å²) in [5.41, 5.74) is 2.73. The number of methoxy groups -OCH3 is 1. The van der Waals surface area contributed by atoms with Gasteiger partial charge in [-0.1, -0.05) is 47.1 Å². The molecule has 1 amide bonds. The number of hydrogen-bond donors (Lipinski definition) is 1. The predicted octanol–water partition coefficient (Wildman–Crippen LogP) is 3.98. The third-order valence-electron chi connectivity index (χ3n) is 5.97. The van der Waals surface area contributed by atoms with Crippen molar-refractivity contribution in [3.8, 4) is 5.75 Å². The first-order valence-corrected chi connectivity index (χ1v) is 11.1. The van der Waals surface area contributed by atoms with Crippen molar-refractivity contribution in [3.63, 3.8) is 0 Å². The molecule has 31 heavy (non-hydrogen) atoms. The second kappa shape index (κ2) is 10.2. The Labute approximate surface area is 188 Å². The molecule has 1 atom stereocenters. The zero-order chi connectivity index (χ0) is 21.6. The van der Waals surface area contributed by atoms with Gasteiger partial charge in [-0.25, -0.2) is 0 Å². The number of nitrogens with zero attached hydrogens (tertiary/aromatic N) is 2. The molecule has 0 aliphatic carbocycles. The Morgan fingerprint density at radius 2 is 2.00 bits per heavy atom. The van der Waals surface area contributed by atoms with Crippen molar-refractivity contribution in [3.05, 3.63) is 64.7 Å². The van der Waals surface area contributed by atoms with E-state index in [-0.39, 0.29) is 12.0 Å². The van der Waals surface area contributed by atoms with Crippen molar-refractivity contribution in [1.29, 1.82) is 0 Å². The van der Waals surface area contributed by atoms with E-state index in [4.69, 9.17) is 21.2 Å². The van der Waals surface area contributed by atoms with Crippen molar-refractivity contribution < 1.29 is 14.4 Å². The Kier molecular flexibility index (Phi) is 7.10. The number of carbonyl (C=O) groups is 1. The highest BCUT2D eigenvalue weighted by Crippen LogP contribution is 2.25. The molecule has 1 fully saturated rings. The van der Waals surface area contributed by atoms with Crippen molar-refractivity contribution in [2.24, 2.45) is 11.1 Å². The Morgan fingerprint density at radius 1 is 1.23 bits per heavy atom. The van der Waals surface area contributed by atoms with Gasteiger partial charge in [0.1, 0.15) is 11.9 Å². The first-order valence-electron chi connectivity index (χ1n) is 10.7. The summed E-state index contributed by atoms with van der Waals surface area (Å²) in [5.74, 6) is 0.897. The summed E-state index contributed by atoms with van der Waals surface area (Å²) in [7, 11) is 1.54. The third kappa shape index (κ3) is 5.57. The SMILES string of the molecule is COc1cc(C(=O)NCC2CCN(CC3CC(c4ccccc4)=NO3)CC2)ccc1Cl. The molecule has 164 valence electrons. The zero-order valence-electron chi connectivity index (χ0n) is 17.7. The minimum Gasteiger partial charge on any atom is -0.495 e. The highest BCUT2D eigenvalue weighted by molar-refractivity contribution is 6.32. The third-order valence-corrected chi connectivity index (χ3v) is 6.29. The maximum absolute atomic E-state index is 12.5. The number of ether oxygens (including phenoxy) is 1. The molecule has 6 nitrogen and oxygen atoms in total. The van der Waals surface area contributed by atoms with Crippen molar-refractivity contribution in [2.75, 3.05) is 33.3 Å². The smallest absolute Gasteiger partial charge is 0.251 e. The number of piperidine rings is 1. The molecular weight excluding hydrogens is 414 g/mol. The lowest BCUT2D eigenvalue weighted by Crippen LogP contribution is -2.41. The van der Waals surface area contributed by atoms with Crippen molar-refractivity contribution >= 4 is 23.2 Å². The van der Waals surface area contributed by atoms with Gasteiger partial charge in [0.15, 0.2) is 0 Å². The number of amides is 1. The lowest BCUT2D eigenvalue weighted by molar-refractivity contribution is 0.0419. The molecule has 2 aliphatic rings. The highest BCUT2D eigenvalue weighted by atomic mass is 35.5. The van der Waals surface area contributed by atoms with Crippen LogP contribution in [0.15, 0.2) is 53.7 Å². The molecular formula is C24H28ClN3O3. The van der Waals surface area contributed by atoms with Crippen LogP contribution < -0.4 is 10.1 Å². The van der Waals surface area contributed by atoms with E-state index in [1.54, 1.807) is 25.3 Å². The van der Waals surface area contributed by atoms with Gasteiger partial charge in [0.2, 0.25) is 0 Å². The van der Waals surface area contributed by atoms with Gasteiger partial charge in [0.25, 0.3) is 5.91 Å². The minimum absolute atomic E-state index is 0.0951. The molecule has 0 saturated carbocycles. The van der Waals surface area contributed by atoms with Crippen LogP contribution in [0, 0.1) is 5.92 Å². The van der Waals surface area contributed by atoms with Gasteiger partial charge < -0.3 is 14.9 Å². The summed E-state index contributed by atoms with van der Waals surface area (Å²) in [6.07, 6.45) is 3.09. The van der Waals surface area contributed by atoms with E-state index in [1.165, 1.54) is 0 Å². The van der Waals surface area contributed by atoms with Gasteiger partial charge >= 0.3 is 0 Å². The number of rotatable bonds is 7. The zero-order valence-corrected chi connectivity index (χ0v) is 18.5. The van der Waals surface area contributed by atoms with E-state index < -0.39 is 0 Å². The number of oxime groups is 1. The minimum atomic E-state index is -0.0951. The molecule has 1 saturated heterocycles. The van der Waals surface area contributed by atoms with Gasteiger partial charge in [-0.05, 0) is 55.6 Å². The van der Waals surface area contributed by atoms with Gasteiger partial charge in [-0.15, -0.1) is 0 Å². The van der Waals surface area contributed by atoms with E-state index in [9.17, 15) is 4.79 Å². The first-order chi connectivity index (χ1) is 15.1. The summed E-state index contributed by atoms with van der Waals surface area (Å²) >= 11 is 6.04. The molecule has 7 heteroatoms. The number of likely N-dealkylation sites (tertiary alicyclic amines) is 1. The van der Waals surface area contributed by atoms with Crippen LogP contribution in [-0.4, -0.2) is 55.9 Å². The van der Waals surface area contributed by atoms with Gasteiger partial charge in [-0.2, -0.15) is 0 Å². The normalized spacial score (nSPS) is 19.5. The Hall–Kier alpha value is -2.57. The number of benzene rings is 2. The van der Waals surface area contributed by atoms with Crippen molar-refractivity contribution in [2.45, 2.75) is 25.4 Å². The second-order valence-corrected chi connectivity index (χ2v) is 8.55. The fraction of sp³-hybridized carbons (Fsp3) is 0.417. The van der Waals surface area contributed by atoms with E-state index in [0.29, 0.717) is 28.8 Å². The lowest BCUT2D eigenvalue weighted by Gasteiger charge is -2.32. The van der Waals surface area contributed by atoms with Gasteiger partial charge in [-0.3, -0.25) is 9.69 Å². The van der Waals surface area contributed by atoms with Crippen LogP contribution in [-0.2, 0) is 4.84 Å². The molecule has 0 bridgehead atoms. The number of halogens is 1. The molecule has 2 aromatic rings. The molecule has 2 aromatic carbocycles. The largest absolute Gasteiger partial charge is 0.495 e. The summed E-state index contributed by atoms with van der Waals surface area (Å²) in [6, 6.07) is 15.3. The van der Waals surface area contributed by atoms with E-state index >= 15 is 0 Å². The average molecular weight is 442 g/mol. The average Bonchev–Trinajstić information content (AvgIpc) is 3.28. The maximum Gasteiger partial charge on any atom is 0.251 e. The van der Waals surface area contributed by atoms with Crippen molar-refractivity contribution in [1.82, 2.24) is 10.2 Å². The van der Waals surface area contributed by atoms with Crippen LogP contribution in [0.25, 0.3) is 0 Å². The summed E-state index contributed by atoms with van der Waals surface area (Å²) in [5, 5.41) is 7.84. The van der Waals surface area contributed by atoms with Crippen LogP contribution in [0.1, 0.15) is 35.2 Å². The Bertz CT molecular complexity index is 927. The summed E-state index contributed by atoms with van der Waals surface area (Å²) in [4.78, 5) is 20.6. The highest BCUT2D eigenvalue weighted by Gasteiger charge is 2.27. The topological polar surface area (TPSA) is 63.2 Å². The number of carbonyl (C=O) groups excluding carboxylic acids is 1. The first kappa shape index (κ1) is 21.7.